The molecular formula is C42H55F2N5O10S. The molecule has 4 heterocycles. The molecule has 4 amide bonds. The van der Waals surface area contributed by atoms with Crippen LogP contribution in [0, 0.1) is 17.8 Å². The number of hydrogen-bond donors (Lipinski definition) is 3. The SMILES string of the molecule is COc1ccc2c(O[C@@H]3C[C@H]4C(=O)N[C@]5(C(=O)NS(=O)(=O)C6(C)CC6)C[C@H]5/C=C\CC[C@@H](C)C[C@@H](C)[C@H](N(C(=O)O)C(C)(C)C(F)F)C(=O)N4C3)nc3c(c2c1)CCCO3. The molecule has 18 heteroatoms. The molecule has 1 aromatic heterocycles. The Bertz CT molecular complexity index is 2200. The molecule has 1 saturated heterocycles. The van der Waals surface area contributed by atoms with Crippen LogP contribution in [-0.2, 0) is 30.8 Å². The molecule has 3 aliphatic heterocycles. The lowest BCUT2D eigenvalue weighted by molar-refractivity contribution is -0.149. The summed E-state index contributed by atoms with van der Waals surface area (Å²) in [4.78, 5) is 63.3. The third-order valence-electron chi connectivity index (χ3n) is 13.2. The van der Waals surface area contributed by atoms with Crippen molar-refractivity contribution in [3.63, 3.8) is 0 Å². The summed E-state index contributed by atoms with van der Waals surface area (Å²) < 4.78 is 75.1. The summed E-state index contributed by atoms with van der Waals surface area (Å²) in [6.07, 6.45) is 1.34. The molecule has 0 bridgehead atoms. The number of carboxylic acid groups (broad SMARTS) is 1. The van der Waals surface area contributed by atoms with Crippen LogP contribution in [0.3, 0.4) is 0 Å². The van der Waals surface area contributed by atoms with Crippen molar-refractivity contribution in [1.82, 2.24) is 24.8 Å². The highest BCUT2D eigenvalue weighted by Gasteiger charge is 2.63. The number of nitrogens with zero attached hydrogens (tertiary/aromatic N) is 3. The number of pyridine rings is 1. The summed E-state index contributed by atoms with van der Waals surface area (Å²) in [7, 11) is -2.55. The number of fused-ring (bicyclic) bond motifs is 5. The number of methoxy groups -OCH3 is 1. The van der Waals surface area contributed by atoms with Crippen molar-refractivity contribution in [3.8, 4) is 17.5 Å². The normalized spacial score (nSPS) is 29.7. The van der Waals surface area contributed by atoms with E-state index < -0.39 is 86.1 Å². The molecule has 0 radical (unpaired) electrons. The van der Waals surface area contributed by atoms with Gasteiger partial charge in [-0.3, -0.25) is 24.0 Å². The summed E-state index contributed by atoms with van der Waals surface area (Å²) in [6, 6.07) is 2.34. The zero-order valence-electron chi connectivity index (χ0n) is 34.8. The number of ether oxygens (including phenoxy) is 3. The number of rotatable bonds is 9. The number of sulfonamides is 1. The third kappa shape index (κ3) is 7.95. The first kappa shape index (κ1) is 43.4. The van der Waals surface area contributed by atoms with Crippen molar-refractivity contribution in [3.05, 3.63) is 35.9 Å². The molecule has 2 aliphatic carbocycles. The lowest BCUT2D eigenvalue weighted by atomic mass is 9.85. The average molecular weight is 860 g/mol. The van der Waals surface area contributed by atoms with Gasteiger partial charge >= 0.3 is 6.09 Å². The summed E-state index contributed by atoms with van der Waals surface area (Å²) in [5.41, 5.74) is -3.12. The molecular weight excluding hydrogens is 805 g/mol. The molecule has 2 aromatic rings. The quantitative estimate of drug-likeness (QED) is 0.281. The van der Waals surface area contributed by atoms with Crippen LogP contribution < -0.4 is 24.2 Å². The van der Waals surface area contributed by atoms with E-state index in [2.05, 4.69) is 10.0 Å². The van der Waals surface area contributed by atoms with Crippen LogP contribution in [0.2, 0.25) is 0 Å². The van der Waals surface area contributed by atoms with Crippen molar-refractivity contribution >= 4 is 44.6 Å². The van der Waals surface area contributed by atoms with Gasteiger partial charge in [-0.1, -0.05) is 26.0 Å². The van der Waals surface area contributed by atoms with E-state index in [0.717, 1.165) is 36.1 Å². The van der Waals surface area contributed by atoms with Crippen LogP contribution >= 0.6 is 0 Å². The standard InChI is InChI=1S/C42H55F2N5O10S/c1-23-10-7-8-11-25-21-42(25,38(52)47-60(55,56)41(5)15-16-41)46-33(50)31-20-27(22-48(31)36(51)32(24(2)18-23)49(39(53)54)40(3,4)37(43)44)59-35-29-14-13-26(57-6)19-30(29)28-12-9-17-58-34(28)45-35/h8,11,13-14,19,23-25,27,31-32,37H,7,9-10,12,15-18,20-22H2,1-6H3,(H,46,50)(H,47,52)(H,53,54)/b11-8-/t23-,24-,25-,27-,31+,32+,42-/m1/s1. The fourth-order valence-electron chi connectivity index (χ4n) is 9.02. The largest absolute Gasteiger partial charge is 0.497 e. The Morgan fingerprint density at radius 1 is 1.17 bits per heavy atom. The maximum atomic E-state index is 15.1. The van der Waals surface area contributed by atoms with Crippen molar-refractivity contribution in [1.29, 1.82) is 0 Å². The van der Waals surface area contributed by atoms with Crippen molar-refractivity contribution in [2.75, 3.05) is 20.3 Å². The van der Waals surface area contributed by atoms with E-state index >= 15 is 4.79 Å². The van der Waals surface area contributed by atoms with E-state index in [1.54, 1.807) is 39.2 Å². The highest BCUT2D eigenvalue weighted by Crippen LogP contribution is 2.48. The van der Waals surface area contributed by atoms with Crippen LogP contribution in [0.1, 0.15) is 91.5 Å². The number of allylic oxidation sites excluding steroid dienone is 1. The fraction of sp³-hybridized carbons (Fsp3) is 0.643. The van der Waals surface area contributed by atoms with E-state index in [0.29, 0.717) is 67.0 Å². The lowest BCUT2D eigenvalue weighted by Gasteiger charge is -2.44. The second-order valence-electron chi connectivity index (χ2n) is 18.1. The molecule has 0 unspecified atom stereocenters. The van der Waals surface area contributed by atoms with E-state index in [1.165, 1.54) is 0 Å². The smallest absolute Gasteiger partial charge is 0.408 e. The van der Waals surface area contributed by atoms with Gasteiger partial charge in [-0.15, -0.1) is 0 Å². The number of hydrogen-bond acceptors (Lipinski definition) is 10. The van der Waals surface area contributed by atoms with Crippen LogP contribution in [0.15, 0.2) is 30.4 Å². The molecule has 7 atom stereocenters. The predicted molar refractivity (Wildman–Crippen MR) is 215 cm³/mol. The molecule has 0 spiro atoms. The molecule has 2 saturated carbocycles. The van der Waals surface area contributed by atoms with Crippen LogP contribution in [0.25, 0.3) is 10.8 Å². The predicted octanol–water partition coefficient (Wildman–Crippen LogP) is 5.19. The minimum atomic E-state index is -4.10. The minimum Gasteiger partial charge on any atom is -0.497 e. The zero-order chi connectivity index (χ0) is 43.5. The zero-order valence-corrected chi connectivity index (χ0v) is 35.7. The first-order chi connectivity index (χ1) is 28.2. The summed E-state index contributed by atoms with van der Waals surface area (Å²) in [5.74, 6) is -2.92. The number of aryl methyl sites for hydroxylation is 1. The Morgan fingerprint density at radius 2 is 1.90 bits per heavy atom. The van der Waals surface area contributed by atoms with Crippen molar-refractivity contribution < 1.29 is 55.7 Å². The topological polar surface area (TPSA) is 194 Å². The van der Waals surface area contributed by atoms with E-state index in [9.17, 15) is 36.7 Å². The number of amides is 4. The van der Waals surface area contributed by atoms with Crippen LogP contribution in [0.5, 0.6) is 17.5 Å². The molecule has 3 N–H and O–H groups in total. The summed E-state index contributed by atoms with van der Waals surface area (Å²) >= 11 is 0. The minimum absolute atomic E-state index is 0.0903. The highest BCUT2D eigenvalue weighted by atomic mass is 32.2. The van der Waals surface area contributed by atoms with Gasteiger partial charge in [0.25, 0.3) is 12.3 Å². The Kier molecular flexibility index (Phi) is 11.5. The molecule has 328 valence electrons. The Balaban J connectivity index is 1.30. The van der Waals surface area contributed by atoms with Gasteiger partial charge in [0.1, 0.15) is 35.0 Å². The lowest BCUT2D eigenvalue weighted by Crippen LogP contribution is -2.64. The number of benzene rings is 1. The van der Waals surface area contributed by atoms with Gasteiger partial charge in [-0.2, -0.15) is 4.98 Å². The second-order valence-corrected chi connectivity index (χ2v) is 20.3. The van der Waals surface area contributed by atoms with Gasteiger partial charge in [0, 0.05) is 23.3 Å². The van der Waals surface area contributed by atoms with E-state index in [4.69, 9.17) is 19.2 Å². The van der Waals surface area contributed by atoms with Gasteiger partial charge < -0.3 is 29.5 Å². The second kappa shape index (κ2) is 15.9. The van der Waals surface area contributed by atoms with Gasteiger partial charge in [0.15, 0.2) is 0 Å². The van der Waals surface area contributed by atoms with Gasteiger partial charge in [0.05, 0.1) is 25.0 Å². The fourth-order valence-corrected chi connectivity index (χ4v) is 10.3. The monoisotopic (exact) mass is 859 g/mol. The van der Waals surface area contributed by atoms with E-state index in [1.807, 2.05) is 19.1 Å². The summed E-state index contributed by atoms with van der Waals surface area (Å²) in [6.45, 7) is 7.40. The molecule has 1 aromatic carbocycles. The van der Waals surface area contributed by atoms with Gasteiger partial charge in [-0.05, 0) is 108 Å². The number of halogens is 2. The molecule has 60 heavy (non-hydrogen) atoms. The maximum Gasteiger partial charge on any atom is 0.408 e. The number of aromatic nitrogens is 1. The van der Waals surface area contributed by atoms with Gasteiger partial charge in [-0.25, -0.2) is 22.0 Å². The highest BCUT2D eigenvalue weighted by molar-refractivity contribution is 7.91. The molecule has 3 fully saturated rings. The average Bonchev–Trinajstić information content (AvgIpc) is 4.07. The van der Waals surface area contributed by atoms with Crippen LogP contribution in [0.4, 0.5) is 13.6 Å². The molecule has 15 nitrogen and oxygen atoms in total. The Morgan fingerprint density at radius 3 is 2.57 bits per heavy atom. The Labute approximate surface area is 348 Å². The number of carbonyl (C=O) groups excluding carboxylic acids is 3. The molecule has 5 aliphatic rings. The first-order valence-electron chi connectivity index (χ1n) is 20.7. The van der Waals surface area contributed by atoms with Gasteiger partial charge in [0.2, 0.25) is 33.6 Å². The van der Waals surface area contributed by atoms with Crippen molar-refractivity contribution in [2.24, 2.45) is 17.8 Å². The van der Waals surface area contributed by atoms with Crippen molar-refractivity contribution in [2.45, 2.75) is 133 Å². The summed E-state index contributed by atoms with van der Waals surface area (Å²) in [5, 5.41) is 14.8. The van der Waals surface area contributed by atoms with E-state index in [-0.39, 0.29) is 31.2 Å². The van der Waals surface area contributed by atoms with Crippen LogP contribution in [-0.4, -0.2) is 113 Å². The maximum absolute atomic E-state index is 15.1. The number of carbonyl (C=O) groups is 4. The molecule has 7 rings (SSSR count). The first-order valence-corrected chi connectivity index (χ1v) is 22.2. The number of nitrogens with one attached hydrogen (secondary N) is 2. The Hall–Kier alpha value is -4.74. The number of alkyl halides is 2. The third-order valence-corrected chi connectivity index (χ3v) is 15.3.